The Morgan fingerprint density at radius 2 is 1.67 bits per heavy atom. The molecule has 4 rings (SSSR count). The molecule has 6 heteroatoms. The molecule has 0 amide bonds. The predicted octanol–water partition coefficient (Wildman–Crippen LogP) is 3.95. The number of piperazine rings is 1. The molecule has 1 aliphatic heterocycles. The normalized spacial score (nSPS) is 21.7. The third-order valence-corrected chi connectivity index (χ3v) is 8.20. The second-order valence-electron chi connectivity index (χ2n) is 8.48. The molecule has 5 nitrogen and oxygen atoms in total. The quantitative estimate of drug-likeness (QED) is 0.670. The van der Waals surface area contributed by atoms with Gasteiger partial charge < -0.3 is 4.74 Å². The van der Waals surface area contributed by atoms with E-state index < -0.39 is 10.0 Å². The highest BCUT2D eigenvalue weighted by Crippen LogP contribution is 2.26. The Morgan fingerprint density at radius 1 is 0.967 bits per heavy atom. The number of rotatable bonds is 7. The fraction of sp³-hybridized carbons (Fsp3) is 0.500. The summed E-state index contributed by atoms with van der Waals surface area (Å²) in [6, 6.07) is 17.6. The van der Waals surface area contributed by atoms with Crippen LogP contribution in [0.2, 0.25) is 0 Å². The first-order chi connectivity index (χ1) is 14.5. The van der Waals surface area contributed by atoms with E-state index in [1.165, 1.54) is 18.4 Å². The lowest BCUT2D eigenvalue weighted by Gasteiger charge is -2.39. The largest absolute Gasteiger partial charge is 0.490 e. The monoisotopic (exact) mass is 428 g/mol. The molecule has 30 heavy (non-hydrogen) atoms. The van der Waals surface area contributed by atoms with Gasteiger partial charge in [0.05, 0.1) is 11.0 Å². The van der Waals surface area contributed by atoms with Crippen LogP contribution in [0, 0.1) is 0 Å². The van der Waals surface area contributed by atoms with Gasteiger partial charge in [0.2, 0.25) is 10.0 Å². The Bertz CT molecular complexity index is 909. The maximum atomic E-state index is 13.1. The summed E-state index contributed by atoms with van der Waals surface area (Å²) in [6.07, 6.45) is 5.87. The first-order valence-corrected chi connectivity index (χ1v) is 12.5. The van der Waals surface area contributed by atoms with E-state index in [-0.39, 0.29) is 12.1 Å². The summed E-state index contributed by atoms with van der Waals surface area (Å²) in [4.78, 5) is 2.74. The van der Waals surface area contributed by atoms with Crippen molar-refractivity contribution in [1.29, 1.82) is 0 Å². The van der Waals surface area contributed by atoms with Crippen molar-refractivity contribution < 1.29 is 13.2 Å². The minimum Gasteiger partial charge on any atom is -0.490 e. The van der Waals surface area contributed by atoms with Crippen LogP contribution in [-0.4, -0.2) is 55.9 Å². The zero-order valence-electron chi connectivity index (χ0n) is 17.7. The summed E-state index contributed by atoms with van der Waals surface area (Å²) < 4.78 is 33.9. The topological polar surface area (TPSA) is 49.9 Å². The molecule has 1 aliphatic carbocycles. The maximum Gasteiger partial charge on any atom is 0.243 e. The molecule has 2 fully saturated rings. The molecule has 0 radical (unpaired) electrons. The van der Waals surface area contributed by atoms with Crippen LogP contribution in [0.4, 0.5) is 0 Å². The third kappa shape index (κ3) is 5.05. The van der Waals surface area contributed by atoms with Crippen LogP contribution >= 0.6 is 0 Å². The van der Waals surface area contributed by atoms with Crippen molar-refractivity contribution in [3.63, 3.8) is 0 Å². The van der Waals surface area contributed by atoms with Gasteiger partial charge in [0.25, 0.3) is 0 Å². The number of benzene rings is 2. The fourth-order valence-electron chi connectivity index (χ4n) is 4.47. The van der Waals surface area contributed by atoms with Gasteiger partial charge >= 0.3 is 0 Å². The van der Waals surface area contributed by atoms with E-state index in [9.17, 15) is 8.42 Å². The standard InChI is InChI=1S/C24H32N2O3S/c1-20-19-26(18-17-25(20)16-15-21-7-3-2-4-8-21)30(27,28)24-13-11-23(12-14-24)29-22-9-5-6-10-22/h2-4,7-8,11-14,20,22H,5-6,9-10,15-19H2,1H3. The van der Waals surface area contributed by atoms with Crippen molar-refractivity contribution in [3.8, 4) is 5.75 Å². The zero-order chi connectivity index (χ0) is 21.0. The molecule has 2 aromatic rings. The van der Waals surface area contributed by atoms with Crippen molar-refractivity contribution in [2.75, 3.05) is 26.2 Å². The highest BCUT2D eigenvalue weighted by atomic mass is 32.2. The Balaban J connectivity index is 1.34. The van der Waals surface area contributed by atoms with Crippen LogP contribution in [-0.2, 0) is 16.4 Å². The second-order valence-corrected chi connectivity index (χ2v) is 10.4. The lowest BCUT2D eigenvalue weighted by Crippen LogP contribution is -2.53. The summed E-state index contributed by atoms with van der Waals surface area (Å²) >= 11 is 0. The molecule has 0 spiro atoms. The van der Waals surface area contributed by atoms with Crippen LogP contribution in [0.3, 0.4) is 0 Å². The van der Waals surface area contributed by atoms with Gasteiger partial charge in [0, 0.05) is 32.2 Å². The summed E-state index contributed by atoms with van der Waals surface area (Å²) in [6.45, 7) is 4.88. The molecular weight excluding hydrogens is 396 g/mol. The van der Waals surface area contributed by atoms with Crippen molar-refractivity contribution in [2.45, 2.75) is 56.1 Å². The van der Waals surface area contributed by atoms with Gasteiger partial charge in [-0.25, -0.2) is 8.42 Å². The average molecular weight is 429 g/mol. The van der Waals surface area contributed by atoms with E-state index in [0.717, 1.165) is 38.1 Å². The first-order valence-electron chi connectivity index (χ1n) is 11.1. The summed E-state index contributed by atoms with van der Waals surface area (Å²) in [5.74, 6) is 0.764. The van der Waals surface area contributed by atoms with E-state index in [4.69, 9.17) is 4.74 Å². The van der Waals surface area contributed by atoms with Crippen molar-refractivity contribution in [1.82, 2.24) is 9.21 Å². The SMILES string of the molecule is CC1CN(S(=O)(=O)c2ccc(OC3CCCC3)cc2)CCN1CCc1ccccc1. The van der Waals surface area contributed by atoms with Gasteiger partial charge in [0.15, 0.2) is 0 Å². The van der Waals surface area contributed by atoms with E-state index in [0.29, 0.717) is 18.0 Å². The molecule has 1 atom stereocenters. The molecular formula is C24H32N2O3S. The van der Waals surface area contributed by atoms with Gasteiger partial charge in [0.1, 0.15) is 5.75 Å². The molecule has 0 aromatic heterocycles. The molecule has 1 unspecified atom stereocenters. The van der Waals surface area contributed by atoms with Gasteiger partial charge in [-0.05, 0) is 68.9 Å². The molecule has 2 aromatic carbocycles. The number of sulfonamides is 1. The molecule has 162 valence electrons. The van der Waals surface area contributed by atoms with Gasteiger partial charge in [-0.1, -0.05) is 30.3 Å². The lowest BCUT2D eigenvalue weighted by atomic mass is 10.1. The number of hydrogen-bond acceptors (Lipinski definition) is 4. The third-order valence-electron chi connectivity index (χ3n) is 6.32. The number of ether oxygens (including phenoxy) is 1. The van der Waals surface area contributed by atoms with E-state index in [1.807, 2.05) is 6.07 Å². The molecule has 1 saturated heterocycles. The van der Waals surface area contributed by atoms with Crippen molar-refractivity contribution >= 4 is 10.0 Å². The molecule has 2 aliphatic rings. The van der Waals surface area contributed by atoms with Crippen LogP contribution in [0.1, 0.15) is 38.2 Å². The van der Waals surface area contributed by atoms with Gasteiger partial charge in [-0.3, -0.25) is 4.90 Å². The Kier molecular flexibility index (Phi) is 6.76. The average Bonchev–Trinajstić information content (AvgIpc) is 3.27. The molecule has 0 bridgehead atoms. The maximum absolute atomic E-state index is 13.1. The summed E-state index contributed by atoms with van der Waals surface area (Å²) in [5, 5.41) is 0. The van der Waals surface area contributed by atoms with E-state index in [2.05, 4.69) is 36.1 Å². The highest BCUT2D eigenvalue weighted by molar-refractivity contribution is 7.89. The predicted molar refractivity (Wildman–Crippen MR) is 119 cm³/mol. The summed E-state index contributed by atoms with van der Waals surface area (Å²) in [7, 11) is -3.48. The van der Waals surface area contributed by atoms with Crippen LogP contribution in [0.5, 0.6) is 5.75 Å². The van der Waals surface area contributed by atoms with Crippen molar-refractivity contribution in [3.05, 3.63) is 60.2 Å². The molecule has 1 saturated carbocycles. The zero-order valence-corrected chi connectivity index (χ0v) is 18.6. The summed E-state index contributed by atoms with van der Waals surface area (Å²) in [5.41, 5.74) is 1.32. The Morgan fingerprint density at radius 3 is 2.33 bits per heavy atom. The van der Waals surface area contributed by atoms with Crippen LogP contribution in [0.25, 0.3) is 0 Å². The van der Waals surface area contributed by atoms with Crippen LogP contribution in [0.15, 0.2) is 59.5 Å². The van der Waals surface area contributed by atoms with E-state index >= 15 is 0 Å². The fourth-order valence-corrected chi connectivity index (χ4v) is 5.98. The number of nitrogens with zero attached hydrogens (tertiary/aromatic N) is 2. The highest BCUT2D eigenvalue weighted by Gasteiger charge is 2.32. The Labute approximate surface area is 180 Å². The Hall–Kier alpha value is -1.89. The number of hydrogen-bond donors (Lipinski definition) is 0. The minimum atomic E-state index is -3.48. The smallest absolute Gasteiger partial charge is 0.243 e. The first kappa shape index (κ1) is 21.3. The lowest BCUT2D eigenvalue weighted by molar-refractivity contribution is 0.130. The second kappa shape index (κ2) is 9.50. The van der Waals surface area contributed by atoms with Gasteiger partial charge in [-0.15, -0.1) is 0 Å². The van der Waals surface area contributed by atoms with Gasteiger partial charge in [-0.2, -0.15) is 4.31 Å². The van der Waals surface area contributed by atoms with Crippen molar-refractivity contribution in [2.24, 2.45) is 0 Å². The van der Waals surface area contributed by atoms with Crippen LogP contribution < -0.4 is 4.74 Å². The minimum absolute atomic E-state index is 0.196. The molecule has 1 heterocycles. The molecule has 0 N–H and O–H groups in total. The van der Waals surface area contributed by atoms with E-state index in [1.54, 1.807) is 28.6 Å².